The van der Waals surface area contributed by atoms with Gasteiger partial charge in [-0.3, -0.25) is 9.59 Å². The van der Waals surface area contributed by atoms with Crippen molar-refractivity contribution in [2.45, 2.75) is 45.7 Å². The van der Waals surface area contributed by atoms with Crippen molar-refractivity contribution in [3.8, 4) is 0 Å². The fourth-order valence-corrected chi connectivity index (χ4v) is 3.08. The molecule has 0 spiro atoms. The Bertz CT molecular complexity index is 667. The Hall–Kier alpha value is -1.60. The molecular weight excluding hydrogens is 424 g/mol. The zero-order valence-electron chi connectivity index (χ0n) is 15.3. The first-order valence-electron chi connectivity index (χ1n) is 8.23. The first-order chi connectivity index (χ1) is 12.1. The van der Waals surface area contributed by atoms with Gasteiger partial charge in [-0.15, -0.1) is 0 Å². The number of esters is 1. The molecule has 0 aliphatic carbocycles. The zero-order chi connectivity index (χ0) is 19.9. The summed E-state index contributed by atoms with van der Waals surface area (Å²) in [5.41, 5.74) is 0.758. The van der Waals surface area contributed by atoms with Crippen molar-refractivity contribution in [2.75, 3.05) is 7.11 Å². The highest BCUT2D eigenvalue weighted by atomic mass is 79.9. The molecule has 2 atom stereocenters. The maximum Gasteiger partial charge on any atom is 0.328 e. The third-order valence-corrected chi connectivity index (χ3v) is 4.64. The van der Waals surface area contributed by atoms with Crippen LogP contribution in [0, 0.1) is 5.92 Å². The highest BCUT2D eigenvalue weighted by molar-refractivity contribution is 9.10. The van der Waals surface area contributed by atoms with Crippen LogP contribution in [0.15, 0.2) is 22.7 Å². The minimum atomic E-state index is -0.898. The van der Waals surface area contributed by atoms with Gasteiger partial charge in [0.15, 0.2) is 0 Å². The number of halogens is 2. The lowest BCUT2D eigenvalue weighted by Crippen LogP contribution is -2.52. The van der Waals surface area contributed by atoms with Gasteiger partial charge in [0.1, 0.15) is 12.1 Å². The fraction of sp³-hybridized carbons (Fsp3) is 0.500. The molecule has 26 heavy (non-hydrogen) atoms. The molecule has 0 fully saturated rings. The Kier molecular flexibility index (Phi) is 9.08. The van der Waals surface area contributed by atoms with Gasteiger partial charge in [-0.25, -0.2) is 4.79 Å². The molecule has 144 valence electrons. The molecule has 1 aromatic rings. The average Bonchev–Trinajstić information content (AvgIpc) is 2.55. The number of carbonyl (C=O) groups is 3. The van der Waals surface area contributed by atoms with Crippen LogP contribution in [0.4, 0.5) is 0 Å². The summed E-state index contributed by atoms with van der Waals surface area (Å²) in [6, 6.07) is 3.59. The SMILES string of the molecule is COC(=O)[C@@H](Cc1cc(Cl)ccc1Br)NC(=O)[C@H](CC(C)C)NC(C)=O. The van der Waals surface area contributed by atoms with E-state index in [2.05, 4.69) is 26.6 Å². The van der Waals surface area contributed by atoms with E-state index in [1.807, 2.05) is 13.8 Å². The summed E-state index contributed by atoms with van der Waals surface area (Å²) in [4.78, 5) is 36.1. The van der Waals surface area contributed by atoms with E-state index in [9.17, 15) is 14.4 Å². The normalized spacial score (nSPS) is 13.0. The summed E-state index contributed by atoms with van der Waals surface area (Å²) in [7, 11) is 1.26. The van der Waals surface area contributed by atoms with E-state index in [1.54, 1.807) is 18.2 Å². The van der Waals surface area contributed by atoms with Crippen molar-refractivity contribution in [1.29, 1.82) is 0 Å². The van der Waals surface area contributed by atoms with Crippen LogP contribution in [0.3, 0.4) is 0 Å². The Morgan fingerprint density at radius 1 is 1.19 bits per heavy atom. The summed E-state index contributed by atoms with van der Waals surface area (Å²) in [5, 5.41) is 5.83. The van der Waals surface area contributed by atoms with Gasteiger partial charge in [-0.05, 0) is 36.1 Å². The van der Waals surface area contributed by atoms with Crippen molar-refractivity contribution in [3.05, 3.63) is 33.3 Å². The summed E-state index contributed by atoms with van der Waals surface area (Å²) in [6.07, 6.45) is 0.661. The van der Waals surface area contributed by atoms with Gasteiger partial charge >= 0.3 is 5.97 Å². The summed E-state index contributed by atoms with van der Waals surface area (Å²) >= 11 is 9.42. The second kappa shape index (κ2) is 10.5. The van der Waals surface area contributed by atoms with Crippen LogP contribution in [0.2, 0.25) is 5.02 Å². The van der Waals surface area contributed by atoms with E-state index in [-0.39, 0.29) is 18.2 Å². The number of nitrogens with one attached hydrogen (secondary N) is 2. The van der Waals surface area contributed by atoms with Crippen LogP contribution >= 0.6 is 27.5 Å². The van der Waals surface area contributed by atoms with Gasteiger partial charge in [0, 0.05) is 22.8 Å². The molecule has 0 aliphatic heterocycles. The Labute approximate surface area is 167 Å². The first-order valence-corrected chi connectivity index (χ1v) is 9.40. The van der Waals surface area contributed by atoms with E-state index in [0.29, 0.717) is 11.4 Å². The molecule has 0 bridgehead atoms. The van der Waals surface area contributed by atoms with Gasteiger partial charge in [-0.2, -0.15) is 0 Å². The van der Waals surface area contributed by atoms with E-state index in [4.69, 9.17) is 16.3 Å². The molecule has 0 saturated carbocycles. The van der Waals surface area contributed by atoms with Gasteiger partial charge < -0.3 is 15.4 Å². The van der Waals surface area contributed by atoms with Crippen molar-refractivity contribution in [2.24, 2.45) is 5.92 Å². The van der Waals surface area contributed by atoms with Crippen molar-refractivity contribution < 1.29 is 19.1 Å². The van der Waals surface area contributed by atoms with E-state index >= 15 is 0 Å². The Balaban J connectivity index is 2.98. The molecule has 0 unspecified atom stereocenters. The predicted octanol–water partition coefficient (Wildman–Crippen LogP) is 2.85. The number of amides is 2. The molecule has 8 heteroatoms. The second-order valence-electron chi connectivity index (χ2n) is 6.41. The van der Waals surface area contributed by atoms with Crippen LogP contribution < -0.4 is 10.6 Å². The van der Waals surface area contributed by atoms with Crippen molar-refractivity contribution in [3.63, 3.8) is 0 Å². The molecule has 0 radical (unpaired) electrons. The van der Waals surface area contributed by atoms with Gasteiger partial charge in [0.25, 0.3) is 0 Å². The number of benzene rings is 1. The molecule has 1 aromatic carbocycles. The lowest BCUT2D eigenvalue weighted by molar-refractivity contribution is -0.145. The van der Waals surface area contributed by atoms with E-state index < -0.39 is 24.0 Å². The second-order valence-corrected chi connectivity index (χ2v) is 7.70. The van der Waals surface area contributed by atoms with Crippen LogP contribution in [-0.2, 0) is 25.5 Å². The molecule has 1 rings (SSSR count). The Morgan fingerprint density at radius 3 is 2.38 bits per heavy atom. The van der Waals surface area contributed by atoms with Crippen LogP contribution in [0.5, 0.6) is 0 Å². The number of hydrogen-bond acceptors (Lipinski definition) is 4. The van der Waals surface area contributed by atoms with Crippen LogP contribution in [0.25, 0.3) is 0 Å². The van der Waals surface area contributed by atoms with E-state index in [1.165, 1.54) is 14.0 Å². The van der Waals surface area contributed by atoms with E-state index in [0.717, 1.165) is 10.0 Å². The number of ether oxygens (including phenoxy) is 1. The zero-order valence-corrected chi connectivity index (χ0v) is 17.6. The highest BCUT2D eigenvalue weighted by Gasteiger charge is 2.28. The molecule has 0 heterocycles. The average molecular weight is 448 g/mol. The lowest BCUT2D eigenvalue weighted by atomic mass is 10.0. The van der Waals surface area contributed by atoms with Crippen LogP contribution in [-0.4, -0.2) is 37.0 Å². The number of rotatable bonds is 8. The van der Waals surface area contributed by atoms with Gasteiger partial charge in [0.2, 0.25) is 11.8 Å². The third kappa shape index (κ3) is 7.33. The first kappa shape index (κ1) is 22.4. The number of methoxy groups -OCH3 is 1. The van der Waals surface area contributed by atoms with Crippen molar-refractivity contribution >= 4 is 45.3 Å². The molecule has 0 aromatic heterocycles. The predicted molar refractivity (Wildman–Crippen MR) is 104 cm³/mol. The van der Waals surface area contributed by atoms with Crippen LogP contribution in [0.1, 0.15) is 32.8 Å². The highest BCUT2D eigenvalue weighted by Crippen LogP contribution is 2.22. The summed E-state index contributed by atoms with van der Waals surface area (Å²) < 4.78 is 5.58. The Morgan fingerprint density at radius 2 is 1.85 bits per heavy atom. The minimum Gasteiger partial charge on any atom is -0.467 e. The maximum absolute atomic E-state index is 12.6. The van der Waals surface area contributed by atoms with Crippen molar-refractivity contribution in [1.82, 2.24) is 10.6 Å². The largest absolute Gasteiger partial charge is 0.467 e. The monoisotopic (exact) mass is 446 g/mol. The smallest absolute Gasteiger partial charge is 0.328 e. The number of hydrogen-bond donors (Lipinski definition) is 2. The minimum absolute atomic E-state index is 0.191. The molecule has 2 amide bonds. The molecule has 2 N–H and O–H groups in total. The molecular formula is C18H24BrClN2O4. The standard InChI is InChI=1S/C18H24BrClN2O4/c1-10(2)7-15(21-11(3)23)17(24)22-16(18(25)26-4)9-12-8-13(20)5-6-14(12)19/h5-6,8,10,15-16H,7,9H2,1-4H3,(H,21,23)(H,22,24)/t15-,16+/m0/s1. The lowest BCUT2D eigenvalue weighted by Gasteiger charge is -2.23. The summed E-state index contributed by atoms with van der Waals surface area (Å²) in [5.74, 6) is -1.12. The quantitative estimate of drug-likeness (QED) is 0.600. The summed E-state index contributed by atoms with van der Waals surface area (Å²) in [6.45, 7) is 5.24. The fourth-order valence-electron chi connectivity index (χ4n) is 2.48. The van der Waals surface area contributed by atoms with Gasteiger partial charge in [-0.1, -0.05) is 41.4 Å². The third-order valence-electron chi connectivity index (χ3n) is 3.64. The number of carbonyl (C=O) groups excluding carboxylic acids is 3. The van der Waals surface area contributed by atoms with Gasteiger partial charge in [0.05, 0.1) is 7.11 Å². The molecule has 6 nitrogen and oxygen atoms in total. The molecule has 0 aliphatic rings. The molecule has 0 saturated heterocycles. The maximum atomic E-state index is 12.6. The topological polar surface area (TPSA) is 84.5 Å².